The fourth-order valence-corrected chi connectivity index (χ4v) is 3.05. The molecule has 0 spiro atoms. The van der Waals surface area contributed by atoms with Crippen molar-refractivity contribution in [3.05, 3.63) is 46.1 Å². The van der Waals surface area contributed by atoms with Gasteiger partial charge in [0.05, 0.1) is 17.0 Å². The number of rotatable bonds is 3. The first-order valence-corrected chi connectivity index (χ1v) is 7.53. The molecular weight excluding hydrogens is 306 g/mol. The first kappa shape index (κ1) is 13.8. The van der Waals surface area contributed by atoms with Crippen LogP contribution < -0.4 is 4.74 Å². The fraction of sp³-hybridized carbons (Fsp3) is 0.133. The minimum Gasteiger partial charge on any atom is -0.438 e. The molecular formula is C15H10ClN3OS. The summed E-state index contributed by atoms with van der Waals surface area (Å²) in [5, 5.41) is 9.81. The number of nitriles is 1. The Hall–Kier alpha value is -2.16. The number of aromatic nitrogens is 2. The Kier molecular flexibility index (Phi) is 3.74. The second-order valence-corrected chi connectivity index (χ2v) is 5.77. The number of hydrogen-bond donors (Lipinski definition) is 0. The molecule has 0 unspecified atom stereocenters. The van der Waals surface area contributed by atoms with Crippen molar-refractivity contribution < 1.29 is 4.74 Å². The van der Waals surface area contributed by atoms with Gasteiger partial charge in [0.1, 0.15) is 10.6 Å². The highest BCUT2D eigenvalue weighted by Crippen LogP contribution is 2.34. The lowest BCUT2D eigenvalue weighted by molar-refractivity contribution is 0.468. The molecule has 4 nitrogen and oxygen atoms in total. The molecule has 104 valence electrons. The molecule has 0 bridgehead atoms. The zero-order valence-electron chi connectivity index (χ0n) is 11.1. The second kappa shape index (κ2) is 5.68. The number of fused-ring (bicyclic) bond motifs is 1. The van der Waals surface area contributed by atoms with Crippen LogP contribution in [0.4, 0.5) is 0 Å². The third-order valence-electron chi connectivity index (χ3n) is 2.93. The number of ether oxygens (including phenoxy) is 1. The van der Waals surface area contributed by atoms with Crippen LogP contribution in [0.3, 0.4) is 0 Å². The molecule has 6 heteroatoms. The van der Waals surface area contributed by atoms with Gasteiger partial charge in [-0.05, 0) is 48.4 Å². The molecule has 0 aliphatic carbocycles. The summed E-state index contributed by atoms with van der Waals surface area (Å²) >= 11 is 7.54. The first-order chi connectivity index (χ1) is 10.2. The number of hydrogen-bond acceptors (Lipinski definition) is 5. The highest BCUT2D eigenvalue weighted by molar-refractivity contribution is 7.18. The molecule has 0 amide bonds. The van der Waals surface area contributed by atoms with Crippen molar-refractivity contribution in [1.29, 1.82) is 5.26 Å². The Balaban J connectivity index is 2.02. The summed E-state index contributed by atoms with van der Waals surface area (Å²) in [6.07, 6.45) is 0.926. The van der Waals surface area contributed by atoms with Crippen LogP contribution in [0, 0.1) is 11.3 Å². The molecule has 0 saturated heterocycles. The molecule has 0 fully saturated rings. The lowest BCUT2D eigenvalue weighted by Crippen LogP contribution is -1.91. The van der Waals surface area contributed by atoms with Crippen molar-refractivity contribution in [3.63, 3.8) is 0 Å². The van der Waals surface area contributed by atoms with Gasteiger partial charge >= 0.3 is 0 Å². The van der Waals surface area contributed by atoms with Gasteiger partial charge in [0, 0.05) is 4.88 Å². The first-order valence-electron chi connectivity index (χ1n) is 6.33. The summed E-state index contributed by atoms with van der Waals surface area (Å²) in [6.45, 7) is 2.08. The van der Waals surface area contributed by atoms with Gasteiger partial charge in [-0.3, -0.25) is 0 Å². The molecule has 21 heavy (non-hydrogen) atoms. The Morgan fingerprint density at radius 2 is 2.05 bits per heavy atom. The van der Waals surface area contributed by atoms with Crippen LogP contribution in [0.2, 0.25) is 5.28 Å². The lowest BCUT2D eigenvalue weighted by atomic mass is 10.2. The third-order valence-corrected chi connectivity index (χ3v) is 4.27. The molecule has 0 aliphatic rings. The van der Waals surface area contributed by atoms with E-state index < -0.39 is 0 Å². The van der Waals surface area contributed by atoms with Crippen molar-refractivity contribution in [2.45, 2.75) is 13.3 Å². The van der Waals surface area contributed by atoms with E-state index in [2.05, 4.69) is 23.0 Å². The summed E-state index contributed by atoms with van der Waals surface area (Å²) in [5.41, 5.74) is 0.581. The number of benzene rings is 1. The van der Waals surface area contributed by atoms with Gasteiger partial charge in [0.15, 0.2) is 0 Å². The topological polar surface area (TPSA) is 58.8 Å². The summed E-state index contributed by atoms with van der Waals surface area (Å²) in [4.78, 5) is 10.4. The predicted molar refractivity (Wildman–Crippen MR) is 83.0 cm³/mol. The predicted octanol–water partition coefficient (Wildman–Crippen LogP) is 4.57. The van der Waals surface area contributed by atoms with Gasteiger partial charge < -0.3 is 4.74 Å². The highest BCUT2D eigenvalue weighted by atomic mass is 35.5. The smallest absolute Gasteiger partial charge is 0.232 e. The van der Waals surface area contributed by atoms with Crippen molar-refractivity contribution in [2.24, 2.45) is 0 Å². The van der Waals surface area contributed by atoms with Gasteiger partial charge in [-0.15, -0.1) is 11.3 Å². The number of thiophene rings is 1. The molecule has 3 aromatic rings. The minimum absolute atomic E-state index is 0.163. The van der Waals surface area contributed by atoms with Crippen LogP contribution in [0.25, 0.3) is 10.2 Å². The molecule has 0 atom stereocenters. The van der Waals surface area contributed by atoms with Gasteiger partial charge in [0.2, 0.25) is 11.2 Å². The molecule has 0 radical (unpaired) electrons. The quantitative estimate of drug-likeness (QED) is 0.664. The van der Waals surface area contributed by atoms with Crippen LogP contribution in [0.15, 0.2) is 30.3 Å². The van der Waals surface area contributed by atoms with E-state index >= 15 is 0 Å². The molecule has 0 N–H and O–H groups in total. The van der Waals surface area contributed by atoms with Gasteiger partial charge in [0.25, 0.3) is 0 Å². The van der Waals surface area contributed by atoms with E-state index in [4.69, 9.17) is 21.6 Å². The van der Waals surface area contributed by atoms with Crippen molar-refractivity contribution >= 4 is 33.2 Å². The standard InChI is InChI=1S/C15H10ClN3OS/c1-2-11-7-12-13(18-15(16)19-14(12)21-11)20-10-5-3-9(8-17)4-6-10/h3-7H,2H2,1H3. The van der Waals surface area contributed by atoms with Crippen molar-refractivity contribution in [2.75, 3.05) is 0 Å². The molecule has 2 heterocycles. The van der Waals surface area contributed by atoms with Gasteiger partial charge in [-0.1, -0.05) is 6.92 Å². The SMILES string of the molecule is CCc1cc2c(Oc3ccc(C#N)cc3)nc(Cl)nc2s1. The third kappa shape index (κ3) is 2.82. The monoisotopic (exact) mass is 315 g/mol. The van der Waals surface area contributed by atoms with Gasteiger partial charge in [-0.2, -0.15) is 10.2 Å². The molecule has 2 aromatic heterocycles. The van der Waals surface area contributed by atoms with Crippen LogP contribution in [0.1, 0.15) is 17.4 Å². The van der Waals surface area contributed by atoms with E-state index in [9.17, 15) is 0 Å². The number of halogens is 1. The normalized spacial score (nSPS) is 10.5. The van der Waals surface area contributed by atoms with Gasteiger partial charge in [-0.25, -0.2) is 4.98 Å². The van der Waals surface area contributed by atoms with Crippen LogP contribution in [-0.2, 0) is 6.42 Å². The second-order valence-electron chi connectivity index (χ2n) is 4.32. The van der Waals surface area contributed by atoms with E-state index in [0.29, 0.717) is 17.2 Å². The van der Waals surface area contributed by atoms with E-state index in [1.165, 1.54) is 4.88 Å². The van der Waals surface area contributed by atoms with E-state index in [0.717, 1.165) is 16.6 Å². The molecule has 3 rings (SSSR count). The van der Waals surface area contributed by atoms with Crippen LogP contribution >= 0.6 is 22.9 Å². The minimum atomic E-state index is 0.163. The molecule has 1 aromatic carbocycles. The Morgan fingerprint density at radius 3 is 2.71 bits per heavy atom. The zero-order valence-corrected chi connectivity index (χ0v) is 12.7. The summed E-state index contributed by atoms with van der Waals surface area (Å²) in [7, 11) is 0. The zero-order chi connectivity index (χ0) is 14.8. The van der Waals surface area contributed by atoms with E-state index in [1.54, 1.807) is 35.6 Å². The summed E-state index contributed by atoms with van der Waals surface area (Å²) in [6, 6.07) is 10.9. The molecule has 0 aliphatic heterocycles. The maximum Gasteiger partial charge on any atom is 0.232 e. The number of aryl methyl sites for hydroxylation is 1. The van der Waals surface area contributed by atoms with Crippen molar-refractivity contribution in [1.82, 2.24) is 9.97 Å². The number of nitrogens with zero attached hydrogens (tertiary/aromatic N) is 3. The maximum absolute atomic E-state index is 8.80. The van der Waals surface area contributed by atoms with Crippen LogP contribution in [0.5, 0.6) is 11.6 Å². The Labute approximate surface area is 130 Å². The maximum atomic E-state index is 8.80. The van der Waals surface area contributed by atoms with Crippen molar-refractivity contribution in [3.8, 4) is 17.7 Å². The molecule has 0 saturated carbocycles. The summed E-state index contributed by atoms with van der Waals surface area (Å²) < 4.78 is 5.79. The van der Waals surface area contributed by atoms with E-state index in [1.807, 2.05) is 6.07 Å². The summed E-state index contributed by atoms with van der Waals surface area (Å²) in [5.74, 6) is 1.04. The largest absolute Gasteiger partial charge is 0.438 e. The fourth-order valence-electron chi connectivity index (χ4n) is 1.88. The van der Waals surface area contributed by atoms with Crippen LogP contribution in [-0.4, -0.2) is 9.97 Å². The average molecular weight is 316 g/mol. The van der Waals surface area contributed by atoms with E-state index in [-0.39, 0.29) is 5.28 Å². The lowest BCUT2D eigenvalue weighted by Gasteiger charge is -2.05. The Morgan fingerprint density at radius 1 is 1.29 bits per heavy atom. The Bertz CT molecular complexity index is 836. The highest BCUT2D eigenvalue weighted by Gasteiger charge is 2.12. The average Bonchev–Trinajstić information content (AvgIpc) is 2.91.